The first kappa shape index (κ1) is 12.4. The van der Waals surface area contributed by atoms with Gasteiger partial charge in [-0.2, -0.15) is 0 Å². The fraction of sp³-hybridized carbons (Fsp3) is 0.667. The van der Waals surface area contributed by atoms with E-state index >= 15 is 0 Å². The van der Waals surface area contributed by atoms with Gasteiger partial charge in [0, 0.05) is 0 Å². The Bertz CT molecular complexity index is 327. The Balaban J connectivity index is 2.50. The van der Waals surface area contributed by atoms with Gasteiger partial charge in [0.05, 0.1) is 18.8 Å². The van der Waals surface area contributed by atoms with Gasteiger partial charge in [-0.1, -0.05) is 0 Å². The average molecular weight is 228 g/mol. The summed E-state index contributed by atoms with van der Waals surface area (Å²) < 4.78 is 0. The molecule has 0 aromatic carbocycles. The molecule has 1 fully saturated rings. The van der Waals surface area contributed by atoms with Crippen molar-refractivity contribution in [3.05, 3.63) is 0 Å². The van der Waals surface area contributed by atoms with Gasteiger partial charge in [-0.25, -0.2) is 0 Å². The molecule has 1 rings (SSSR count). The van der Waals surface area contributed by atoms with Crippen LogP contribution >= 0.6 is 0 Å². The van der Waals surface area contributed by atoms with Crippen molar-refractivity contribution in [2.24, 2.45) is 5.73 Å². The monoisotopic (exact) mass is 228 g/mol. The Kier molecular flexibility index (Phi) is 3.48. The minimum absolute atomic E-state index is 0.0773. The van der Waals surface area contributed by atoms with E-state index in [9.17, 15) is 14.4 Å². The SMILES string of the molecule is CC1(C)NCC(=O)N1CC(=O)NCC(N)=O. The fourth-order valence-electron chi connectivity index (χ4n) is 1.47. The van der Waals surface area contributed by atoms with Crippen LogP contribution in [0.3, 0.4) is 0 Å². The summed E-state index contributed by atoms with van der Waals surface area (Å²) in [5, 5.41) is 5.30. The van der Waals surface area contributed by atoms with Crippen LogP contribution in [0.25, 0.3) is 0 Å². The lowest BCUT2D eigenvalue weighted by atomic mass is 10.2. The largest absolute Gasteiger partial charge is 0.368 e. The number of nitrogens with one attached hydrogen (secondary N) is 2. The molecular formula is C9H16N4O3. The van der Waals surface area contributed by atoms with Crippen LogP contribution in [-0.2, 0) is 14.4 Å². The molecule has 0 aliphatic carbocycles. The molecule has 3 amide bonds. The fourth-order valence-corrected chi connectivity index (χ4v) is 1.47. The number of hydrogen-bond donors (Lipinski definition) is 3. The number of nitrogens with two attached hydrogens (primary N) is 1. The minimum atomic E-state index is -0.613. The van der Waals surface area contributed by atoms with Crippen molar-refractivity contribution in [3.63, 3.8) is 0 Å². The quantitative estimate of drug-likeness (QED) is 0.506. The standard InChI is InChI=1S/C9H16N4O3/c1-9(2)12-4-8(16)13(9)5-7(15)11-3-6(10)14/h12H,3-5H2,1-2H3,(H2,10,14)(H,11,15). The summed E-state index contributed by atoms with van der Waals surface area (Å²) in [5.41, 5.74) is 4.34. The van der Waals surface area contributed by atoms with Crippen molar-refractivity contribution in [2.45, 2.75) is 19.5 Å². The van der Waals surface area contributed by atoms with Crippen molar-refractivity contribution < 1.29 is 14.4 Å². The number of amides is 3. The van der Waals surface area contributed by atoms with Crippen molar-refractivity contribution in [2.75, 3.05) is 19.6 Å². The highest BCUT2D eigenvalue weighted by molar-refractivity contribution is 5.89. The van der Waals surface area contributed by atoms with E-state index in [0.717, 1.165) is 0 Å². The summed E-state index contributed by atoms with van der Waals surface area (Å²) in [6.07, 6.45) is 0. The van der Waals surface area contributed by atoms with Gasteiger partial charge in [0.25, 0.3) is 0 Å². The molecule has 0 bridgehead atoms. The van der Waals surface area contributed by atoms with Crippen LogP contribution in [0.5, 0.6) is 0 Å². The molecule has 7 heteroatoms. The van der Waals surface area contributed by atoms with Crippen molar-refractivity contribution in [1.82, 2.24) is 15.5 Å². The third kappa shape index (κ3) is 2.93. The van der Waals surface area contributed by atoms with E-state index in [-0.39, 0.29) is 25.5 Å². The summed E-state index contributed by atoms with van der Waals surface area (Å²) in [7, 11) is 0. The van der Waals surface area contributed by atoms with Gasteiger partial charge in [-0.05, 0) is 13.8 Å². The molecule has 0 spiro atoms. The van der Waals surface area contributed by atoms with Crippen molar-refractivity contribution in [3.8, 4) is 0 Å². The normalized spacial score (nSPS) is 18.6. The number of rotatable bonds is 4. The molecule has 90 valence electrons. The predicted octanol–water partition coefficient (Wildman–Crippen LogP) is -2.24. The van der Waals surface area contributed by atoms with Crippen molar-refractivity contribution >= 4 is 17.7 Å². The molecular weight excluding hydrogens is 212 g/mol. The molecule has 1 heterocycles. The second-order valence-corrected chi connectivity index (χ2v) is 4.14. The van der Waals surface area contributed by atoms with Gasteiger partial charge in [-0.15, -0.1) is 0 Å². The Morgan fingerprint density at radius 1 is 1.56 bits per heavy atom. The van der Waals surface area contributed by atoms with Crippen LogP contribution in [0.4, 0.5) is 0 Å². The number of carbonyl (C=O) groups excluding carboxylic acids is 3. The van der Waals surface area contributed by atoms with Crippen LogP contribution in [0.2, 0.25) is 0 Å². The van der Waals surface area contributed by atoms with E-state index in [2.05, 4.69) is 10.6 Å². The summed E-state index contributed by atoms with van der Waals surface area (Å²) in [6, 6.07) is 0. The second-order valence-electron chi connectivity index (χ2n) is 4.14. The number of carbonyl (C=O) groups is 3. The van der Waals surface area contributed by atoms with E-state index in [1.54, 1.807) is 13.8 Å². The highest BCUT2D eigenvalue weighted by atomic mass is 16.2. The van der Waals surface area contributed by atoms with Gasteiger partial charge in [0.1, 0.15) is 6.54 Å². The zero-order chi connectivity index (χ0) is 12.3. The molecule has 7 nitrogen and oxygen atoms in total. The number of hydrogen-bond acceptors (Lipinski definition) is 4. The maximum Gasteiger partial charge on any atom is 0.240 e. The third-order valence-electron chi connectivity index (χ3n) is 2.41. The van der Waals surface area contributed by atoms with E-state index in [1.165, 1.54) is 4.90 Å². The van der Waals surface area contributed by atoms with Crippen LogP contribution in [0.1, 0.15) is 13.8 Å². The molecule has 0 aromatic heterocycles. The Morgan fingerprint density at radius 3 is 2.62 bits per heavy atom. The number of primary amides is 1. The van der Waals surface area contributed by atoms with Gasteiger partial charge >= 0.3 is 0 Å². The van der Waals surface area contributed by atoms with Gasteiger partial charge < -0.3 is 16.0 Å². The smallest absolute Gasteiger partial charge is 0.240 e. The zero-order valence-electron chi connectivity index (χ0n) is 9.37. The maximum atomic E-state index is 11.5. The first-order valence-corrected chi connectivity index (χ1v) is 4.93. The topological polar surface area (TPSA) is 105 Å². The average Bonchev–Trinajstić information content (AvgIpc) is 2.42. The predicted molar refractivity (Wildman–Crippen MR) is 56.0 cm³/mol. The van der Waals surface area contributed by atoms with Crippen LogP contribution in [-0.4, -0.2) is 47.9 Å². The summed E-state index contributed by atoms with van der Waals surface area (Å²) >= 11 is 0. The van der Waals surface area contributed by atoms with E-state index in [1.807, 2.05) is 0 Å². The molecule has 1 aliphatic rings. The van der Waals surface area contributed by atoms with Gasteiger partial charge in [-0.3, -0.25) is 19.7 Å². The first-order chi connectivity index (χ1) is 7.33. The molecule has 16 heavy (non-hydrogen) atoms. The van der Waals surface area contributed by atoms with Gasteiger partial charge in [0.2, 0.25) is 17.7 Å². The summed E-state index contributed by atoms with van der Waals surface area (Å²) in [6.45, 7) is 3.54. The lowest BCUT2D eigenvalue weighted by molar-refractivity contribution is -0.136. The lowest BCUT2D eigenvalue weighted by Crippen LogP contribution is -2.51. The molecule has 1 aliphatic heterocycles. The van der Waals surface area contributed by atoms with Crippen molar-refractivity contribution in [1.29, 1.82) is 0 Å². The van der Waals surface area contributed by atoms with Crippen LogP contribution in [0, 0.1) is 0 Å². The van der Waals surface area contributed by atoms with E-state index < -0.39 is 17.5 Å². The zero-order valence-corrected chi connectivity index (χ0v) is 9.37. The first-order valence-electron chi connectivity index (χ1n) is 4.93. The summed E-state index contributed by atoms with van der Waals surface area (Å²) in [5.74, 6) is -1.15. The van der Waals surface area contributed by atoms with Crippen LogP contribution in [0.15, 0.2) is 0 Å². The third-order valence-corrected chi connectivity index (χ3v) is 2.41. The Hall–Kier alpha value is -1.63. The lowest BCUT2D eigenvalue weighted by Gasteiger charge is -2.30. The Labute approximate surface area is 93.3 Å². The second kappa shape index (κ2) is 4.48. The van der Waals surface area contributed by atoms with Gasteiger partial charge in [0.15, 0.2) is 0 Å². The highest BCUT2D eigenvalue weighted by Crippen LogP contribution is 2.15. The minimum Gasteiger partial charge on any atom is -0.368 e. The molecule has 4 N–H and O–H groups in total. The Morgan fingerprint density at radius 2 is 2.19 bits per heavy atom. The maximum absolute atomic E-state index is 11.5. The molecule has 1 saturated heterocycles. The van der Waals surface area contributed by atoms with E-state index in [0.29, 0.717) is 0 Å². The molecule has 0 aromatic rings. The molecule has 0 radical (unpaired) electrons. The number of nitrogens with zero attached hydrogens (tertiary/aromatic N) is 1. The van der Waals surface area contributed by atoms with Crippen LogP contribution < -0.4 is 16.4 Å². The molecule has 0 saturated carbocycles. The molecule has 0 atom stereocenters. The summed E-state index contributed by atoms with van der Waals surface area (Å²) in [4.78, 5) is 34.7. The van der Waals surface area contributed by atoms with E-state index in [4.69, 9.17) is 5.73 Å². The highest BCUT2D eigenvalue weighted by Gasteiger charge is 2.37. The molecule has 0 unspecified atom stereocenters.